The Bertz CT molecular complexity index is 918. The number of anilines is 1. The van der Waals surface area contributed by atoms with Gasteiger partial charge in [-0.2, -0.15) is 0 Å². The zero-order valence-electron chi connectivity index (χ0n) is 15.3. The number of fused-ring (bicyclic) bond motifs is 1. The third kappa shape index (κ3) is 4.77. The lowest BCUT2D eigenvalue weighted by Gasteiger charge is -2.13. The molecular formula is C22H23NO4. The van der Waals surface area contributed by atoms with Crippen molar-refractivity contribution in [1.82, 2.24) is 0 Å². The quantitative estimate of drug-likeness (QED) is 0.544. The smallest absolute Gasteiger partial charge is 0.339 e. The van der Waals surface area contributed by atoms with Crippen LogP contribution in [0.3, 0.4) is 0 Å². The number of ether oxygens (including phenoxy) is 2. The maximum Gasteiger partial charge on any atom is 0.339 e. The molecule has 3 aromatic carbocycles. The molecule has 0 amide bonds. The van der Waals surface area contributed by atoms with E-state index >= 15 is 0 Å². The molecule has 3 rings (SSSR count). The molecule has 0 aliphatic carbocycles. The van der Waals surface area contributed by atoms with Gasteiger partial charge in [0, 0.05) is 32.0 Å². The van der Waals surface area contributed by atoms with Gasteiger partial charge in [0.1, 0.15) is 17.9 Å². The lowest BCUT2D eigenvalue weighted by molar-refractivity contribution is 0.0692. The van der Waals surface area contributed by atoms with Gasteiger partial charge in [0.15, 0.2) is 0 Å². The van der Waals surface area contributed by atoms with Crippen molar-refractivity contribution in [3.8, 4) is 5.75 Å². The van der Waals surface area contributed by atoms with Gasteiger partial charge in [-0.25, -0.2) is 4.79 Å². The molecule has 2 N–H and O–H groups in total. The normalized spacial score (nSPS) is 10.7. The van der Waals surface area contributed by atoms with Gasteiger partial charge in [-0.3, -0.25) is 0 Å². The summed E-state index contributed by atoms with van der Waals surface area (Å²) < 4.78 is 10.9. The third-order valence-corrected chi connectivity index (χ3v) is 4.33. The number of benzene rings is 3. The van der Waals surface area contributed by atoms with Crippen molar-refractivity contribution in [2.24, 2.45) is 0 Å². The second kappa shape index (κ2) is 9.05. The SMILES string of the molecule is COCCCNc1ccc(C(=O)O)c(OCc2cccc3ccccc23)c1. The van der Waals surface area contributed by atoms with E-state index in [0.717, 1.165) is 35.0 Å². The Balaban J connectivity index is 1.78. The Hall–Kier alpha value is -3.05. The Morgan fingerprint density at radius 2 is 1.89 bits per heavy atom. The summed E-state index contributed by atoms with van der Waals surface area (Å²) in [7, 11) is 1.67. The first-order valence-corrected chi connectivity index (χ1v) is 8.88. The van der Waals surface area contributed by atoms with Gasteiger partial charge in [-0.05, 0) is 34.9 Å². The van der Waals surface area contributed by atoms with Crippen LogP contribution >= 0.6 is 0 Å². The fourth-order valence-electron chi connectivity index (χ4n) is 2.95. The fourth-order valence-corrected chi connectivity index (χ4v) is 2.95. The van der Waals surface area contributed by atoms with Crippen LogP contribution in [-0.4, -0.2) is 31.3 Å². The average molecular weight is 365 g/mol. The molecule has 27 heavy (non-hydrogen) atoms. The van der Waals surface area contributed by atoms with Gasteiger partial charge in [0.25, 0.3) is 0 Å². The first-order chi connectivity index (χ1) is 13.2. The number of carbonyl (C=O) groups is 1. The highest BCUT2D eigenvalue weighted by Gasteiger charge is 2.13. The van der Waals surface area contributed by atoms with Crippen molar-refractivity contribution in [3.63, 3.8) is 0 Å². The summed E-state index contributed by atoms with van der Waals surface area (Å²) in [4.78, 5) is 11.5. The van der Waals surface area contributed by atoms with Crippen LogP contribution in [0.2, 0.25) is 0 Å². The summed E-state index contributed by atoms with van der Waals surface area (Å²) in [5.41, 5.74) is 1.99. The van der Waals surface area contributed by atoms with Crippen LogP contribution < -0.4 is 10.1 Å². The van der Waals surface area contributed by atoms with Crippen LogP contribution in [0.15, 0.2) is 60.7 Å². The van der Waals surface area contributed by atoms with Crippen LogP contribution in [0.25, 0.3) is 10.8 Å². The zero-order valence-corrected chi connectivity index (χ0v) is 15.3. The van der Waals surface area contributed by atoms with Gasteiger partial charge in [-0.1, -0.05) is 42.5 Å². The van der Waals surface area contributed by atoms with E-state index < -0.39 is 5.97 Å². The van der Waals surface area contributed by atoms with Crippen molar-refractivity contribution in [2.75, 3.05) is 25.6 Å². The Kier molecular flexibility index (Phi) is 6.28. The molecule has 3 aromatic rings. The molecule has 140 valence electrons. The standard InChI is InChI=1S/C22H23NO4/c1-26-13-5-12-23-18-10-11-20(22(24)25)21(14-18)27-15-17-8-4-7-16-6-2-3-9-19(16)17/h2-4,6-11,14,23H,5,12-13,15H2,1H3,(H,24,25). The van der Waals surface area contributed by atoms with Crippen LogP contribution in [0.1, 0.15) is 22.3 Å². The molecule has 0 aliphatic rings. The number of rotatable bonds is 9. The van der Waals surface area contributed by atoms with Crippen LogP contribution in [-0.2, 0) is 11.3 Å². The van der Waals surface area contributed by atoms with E-state index in [-0.39, 0.29) is 5.56 Å². The van der Waals surface area contributed by atoms with Crippen LogP contribution in [0, 0.1) is 0 Å². The summed E-state index contributed by atoms with van der Waals surface area (Å²) >= 11 is 0. The van der Waals surface area contributed by atoms with Crippen LogP contribution in [0.5, 0.6) is 5.75 Å². The topological polar surface area (TPSA) is 67.8 Å². The summed E-state index contributed by atoms with van der Waals surface area (Å²) in [6.45, 7) is 1.71. The average Bonchev–Trinajstić information content (AvgIpc) is 2.69. The van der Waals surface area contributed by atoms with Gasteiger partial charge < -0.3 is 19.9 Å². The molecule has 0 heterocycles. The monoisotopic (exact) mass is 365 g/mol. The van der Waals surface area contributed by atoms with E-state index in [1.165, 1.54) is 0 Å². The van der Waals surface area contributed by atoms with E-state index in [4.69, 9.17) is 9.47 Å². The number of methoxy groups -OCH3 is 1. The summed E-state index contributed by atoms with van der Waals surface area (Å²) in [6.07, 6.45) is 0.864. The number of nitrogens with one attached hydrogen (secondary N) is 1. The molecule has 0 atom stereocenters. The first kappa shape index (κ1) is 18.7. The summed E-state index contributed by atoms with van der Waals surface area (Å²) in [6, 6.07) is 19.1. The Labute approximate surface area is 158 Å². The second-order valence-electron chi connectivity index (χ2n) is 6.22. The molecule has 0 spiro atoms. The number of hydrogen-bond donors (Lipinski definition) is 2. The molecule has 0 bridgehead atoms. The van der Waals surface area contributed by atoms with Gasteiger partial charge in [0.05, 0.1) is 0 Å². The minimum Gasteiger partial charge on any atom is -0.488 e. The maximum atomic E-state index is 11.5. The fraction of sp³-hybridized carbons (Fsp3) is 0.227. The zero-order chi connectivity index (χ0) is 19.1. The van der Waals surface area contributed by atoms with Crippen molar-refractivity contribution >= 4 is 22.4 Å². The minimum absolute atomic E-state index is 0.151. The van der Waals surface area contributed by atoms with E-state index in [0.29, 0.717) is 19.0 Å². The highest BCUT2D eigenvalue weighted by Crippen LogP contribution is 2.26. The molecule has 5 heteroatoms. The lowest BCUT2D eigenvalue weighted by atomic mass is 10.1. The largest absolute Gasteiger partial charge is 0.488 e. The Morgan fingerprint density at radius 3 is 2.70 bits per heavy atom. The molecule has 0 saturated heterocycles. The molecule has 5 nitrogen and oxygen atoms in total. The maximum absolute atomic E-state index is 11.5. The van der Waals surface area contributed by atoms with E-state index in [1.807, 2.05) is 42.5 Å². The van der Waals surface area contributed by atoms with Crippen LogP contribution in [0.4, 0.5) is 5.69 Å². The molecule has 0 aliphatic heterocycles. The van der Waals surface area contributed by atoms with E-state index in [9.17, 15) is 9.90 Å². The predicted octanol–water partition coefficient (Wildman–Crippen LogP) is 4.57. The number of carboxylic acid groups (broad SMARTS) is 1. The number of hydrogen-bond acceptors (Lipinski definition) is 4. The van der Waals surface area contributed by atoms with Gasteiger partial charge in [-0.15, -0.1) is 0 Å². The molecule has 0 unspecified atom stereocenters. The third-order valence-electron chi connectivity index (χ3n) is 4.33. The minimum atomic E-state index is -1.01. The van der Waals surface area contributed by atoms with Crippen molar-refractivity contribution < 1.29 is 19.4 Å². The number of aromatic carboxylic acids is 1. The Morgan fingerprint density at radius 1 is 1.07 bits per heavy atom. The predicted molar refractivity (Wildman–Crippen MR) is 107 cm³/mol. The second-order valence-corrected chi connectivity index (χ2v) is 6.22. The molecule has 0 saturated carbocycles. The summed E-state index contributed by atoms with van der Waals surface area (Å²) in [5.74, 6) is -0.652. The highest BCUT2D eigenvalue weighted by molar-refractivity contribution is 5.91. The van der Waals surface area contributed by atoms with Gasteiger partial charge >= 0.3 is 5.97 Å². The molecular weight excluding hydrogens is 342 g/mol. The van der Waals surface area contributed by atoms with E-state index in [1.54, 1.807) is 25.3 Å². The van der Waals surface area contributed by atoms with Crippen molar-refractivity contribution in [3.05, 3.63) is 71.8 Å². The highest BCUT2D eigenvalue weighted by atomic mass is 16.5. The molecule has 0 aromatic heterocycles. The molecule has 0 radical (unpaired) electrons. The first-order valence-electron chi connectivity index (χ1n) is 8.88. The number of carboxylic acids is 1. The van der Waals surface area contributed by atoms with E-state index in [2.05, 4.69) is 5.32 Å². The molecule has 0 fully saturated rings. The lowest BCUT2D eigenvalue weighted by Crippen LogP contribution is -2.07. The van der Waals surface area contributed by atoms with Crippen molar-refractivity contribution in [1.29, 1.82) is 0 Å². The summed E-state index contributed by atoms with van der Waals surface area (Å²) in [5, 5.41) is 14.9. The van der Waals surface area contributed by atoms with Crippen molar-refractivity contribution in [2.45, 2.75) is 13.0 Å². The van der Waals surface area contributed by atoms with Gasteiger partial charge in [0.2, 0.25) is 0 Å².